The van der Waals surface area contributed by atoms with Crippen LogP contribution in [0, 0.1) is 11.3 Å². The van der Waals surface area contributed by atoms with E-state index in [-0.39, 0.29) is 95.7 Å². The zero-order valence-electron chi connectivity index (χ0n) is 42.3. The van der Waals surface area contributed by atoms with Crippen molar-refractivity contribution in [2.24, 2.45) is 11.3 Å². The number of ether oxygens (including phenoxy) is 6. The number of carbonyl (C=O) groups excluding carboxylic acids is 6. The van der Waals surface area contributed by atoms with E-state index in [1.807, 2.05) is 19.0 Å². The number of rotatable bonds is 46. The topological polar surface area (TPSA) is 161 Å². The van der Waals surface area contributed by atoms with Gasteiger partial charge in [0, 0.05) is 38.5 Å². The predicted octanol–water partition coefficient (Wildman–Crippen LogP) is 11.6. The van der Waals surface area contributed by atoms with Crippen molar-refractivity contribution in [2.75, 3.05) is 60.3 Å². The van der Waals surface area contributed by atoms with Crippen molar-refractivity contribution in [3.63, 3.8) is 0 Å². The molecule has 0 spiro atoms. The van der Waals surface area contributed by atoms with Gasteiger partial charge < -0.3 is 33.3 Å². The zero-order valence-corrected chi connectivity index (χ0v) is 42.3. The molecule has 0 aliphatic rings. The van der Waals surface area contributed by atoms with Crippen LogP contribution in [0.25, 0.3) is 0 Å². The number of carbonyl (C=O) groups is 6. The molecule has 13 heteroatoms. The van der Waals surface area contributed by atoms with Crippen LogP contribution in [0.1, 0.15) is 227 Å². The molecule has 0 radical (unpaired) electrons. The van der Waals surface area contributed by atoms with Gasteiger partial charge >= 0.3 is 35.8 Å². The molecule has 0 aromatic rings. The summed E-state index contributed by atoms with van der Waals surface area (Å²) in [5.41, 5.74) is -1.41. The molecule has 0 saturated carbocycles. The molecule has 13 nitrogen and oxygen atoms in total. The van der Waals surface area contributed by atoms with Gasteiger partial charge in [-0.1, -0.05) is 143 Å². The van der Waals surface area contributed by atoms with Gasteiger partial charge in [-0.2, -0.15) is 0 Å². The molecule has 65 heavy (non-hydrogen) atoms. The lowest BCUT2D eigenvalue weighted by Crippen LogP contribution is -2.44. The van der Waals surface area contributed by atoms with Crippen LogP contribution >= 0.6 is 0 Å². The van der Waals surface area contributed by atoms with Crippen molar-refractivity contribution in [3.05, 3.63) is 0 Å². The van der Waals surface area contributed by atoms with Crippen LogP contribution in [-0.4, -0.2) is 101 Å². The Morgan fingerprint density at radius 1 is 0.369 bits per heavy atom. The molecule has 0 amide bonds. The molecular formula is C52H95NO12. The van der Waals surface area contributed by atoms with E-state index in [0.29, 0.717) is 26.2 Å². The SMILES string of the molecule is CCCCCCCCCOC(=O)CCCC(=O)OCC(COC(=O)CCCC(=O)OCCCCCCCCC)(COC(=O)CCCN(C)C)COC(=O)CC(CCCCC)CCCCC. The highest BCUT2D eigenvalue weighted by Crippen LogP contribution is 2.26. The van der Waals surface area contributed by atoms with Gasteiger partial charge in [-0.15, -0.1) is 0 Å². The zero-order chi connectivity index (χ0) is 48.2. The van der Waals surface area contributed by atoms with Crippen LogP contribution in [0.4, 0.5) is 0 Å². The fourth-order valence-electron chi connectivity index (χ4n) is 7.34. The standard InChI is InChI=1S/C52H95NO12/c1-7-11-15-17-19-21-25-38-60-46(54)32-27-34-48(56)62-41-52(43-64-50(58)36-29-37-53(5)6,44-65-51(59)40-45(30-23-13-9-3)31-24-14-10-4)42-63-49(57)35-28-33-47(55)61-39-26-22-20-18-16-12-8-2/h45H,7-44H2,1-6H3. The summed E-state index contributed by atoms with van der Waals surface area (Å²) in [7, 11) is 3.82. The molecule has 0 fully saturated rings. The quantitative estimate of drug-likeness (QED) is 0.0322. The third-order valence-electron chi connectivity index (χ3n) is 11.6. The normalized spacial score (nSPS) is 11.4. The minimum absolute atomic E-state index is 0.0564. The summed E-state index contributed by atoms with van der Waals surface area (Å²) < 4.78 is 33.8. The van der Waals surface area contributed by atoms with E-state index in [2.05, 4.69) is 27.7 Å². The second-order valence-electron chi connectivity index (χ2n) is 18.5. The Hall–Kier alpha value is -3.22. The van der Waals surface area contributed by atoms with E-state index in [0.717, 1.165) is 89.9 Å². The average molecular weight is 926 g/mol. The summed E-state index contributed by atoms with van der Waals surface area (Å²) in [5.74, 6) is -2.71. The smallest absolute Gasteiger partial charge is 0.306 e. The Labute approximate surface area is 395 Å². The highest BCUT2D eigenvalue weighted by atomic mass is 16.6. The van der Waals surface area contributed by atoms with Crippen molar-refractivity contribution in [2.45, 2.75) is 227 Å². The Bertz CT molecular complexity index is 1160. The molecule has 0 aromatic carbocycles. The molecule has 0 atom stereocenters. The fraction of sp³-hybridized carbons (Fsp3) is 0.885. The molecular weight excluding hydrogens is 831 g/mol. The lowest BCUT2D eigenvalue weighted by molar-refractivity contribution is -0.171. The van der Waals surface area contributed by atoms with E-state index >= 15 is 0 Å². The van der Waals surface area contributed by atoms with Gasteiger partial charge in [0.05, 0.1) is 13.2 Å². The monoisotopic (exact) mass is 926 g/mol. The summed E-state index contributed by atoms with van der Waals surface area (Å²) in [6.07, 6.45) is 25.1. The van der Waals surface area contributed by atoms with Gasteiger partial charge in [0.25, 0.3) is 0 Å². The molecule has 380 valence electrons. The molecule has 0 heterocycles. The van der Waals surface area contributed by atoms with Gasteiger partial charge in [0.1, 0.15) is 31.8 Å². The second kappa shape index (κ2) is 43.4. The summed E-state index contributed by atoms with van der Waals surface area (Å²) in [4.78, 5) is 79.4. The lowest BCUT2D eigenvalue weighted by atomic mass is 9.91. The molecule has 0 saturated heterocycles. The number of hydrogen-bond donors (Lipinski definition) is 0. The molecule has 0 bridgehead atoms. The lowest BCUT2D eigenvalue weighted by Gasteiger charge is -2.32. The summed E-state index contributed by atoms with van der Waals surface area (Å²) in [6, 6.07) is 0. The Balaban J connectivity index is 5.76. The molecule has 0 aliphatic carbocycles. The number of hydrogen-bond acceptors (Lipinski definition) is 13. The number of nitrogens with zero attached hydrogens (tertiary/aromatic N) is 1. The highest BCUT2D eigenvalue weighted by molar-refractivity contribution is 5.73. The van der Waals surface area contributed by atoms with Crippen LogP contribution in [-0.2, 0) is 57.2 Å². The minimum atomic E-state index is -1.41. The second-order valence-corrected chi connectivity index (χ2v) is 18.5. The highest BCUT2D eigenvalue weighted by Gasteiger charge is 2.38. The molecule has 0 N–H and O–H groups in total. The average Bonchev–Trinajstić information content (AvgIpc) is 3.27. The van der Waals surface area contributed by atoms with Crippen molar-refractivity contribution in [1.82, 2.24) is 4.90 Å². The molecule has 0 aliphatic heterocycles. The van der Waals surface area contributed by atoms with Crippen molar-refractivity contribution in [1.29, 1.82) is 0 Å². The summed E-state index contributed by atoms with van der Waals surface area (Å²) in [6.45, 7) is 8.63. The van der Waals surface area contributed by atoms with E-state index in [1.165, 1.54) is 51.4 Å². The van der Waals surface area contributed by atoms with Gasteiger partial charge in [-0.05, 0) is 71.5 Å². The first-order chi connectivity index (χ1) is 31.4. The molecule has 0 rings (SSSR count). The van der Waals surface area contributed by atoms with E-state index in [9.17, 15) is 28.8 Å². The van der Waals surface area contributed by atoms with E-state index < -0.39 is 29.3 Å². The largest absolute Gasteiger partial charge is 0.466 e. The van der Waals surface area contributed by atoms with Crippen molar-refractivity contribution >= 4 is 35.8 Å². The van der Waals surface area contributed by atoms with Gasteiger partial charge in [-0.3, -0.25) is 28.8 Å². The number of unbranched alkanes of at least 4 members (excludes halogenated alkanes) is 16. The first-order valence-electron chi connectivity index (χ1n) is 26.0. The third-order valence-corrected chi connectivity index (χ3v) is 11.6. The fourth-order valence-corrected chi connectivity index (χ4v) is 7.34. The van der Waals surface area contributed by atoms with Crippen molar-refractivity contribution < 1.29 is 57.2 Å². The third kappa shape index (κ3) is 39.6. The van der Waals surface area contributed by atoms with Crippen LogP contribution < -0.4 is 0 Å². The Morgan fingerprint density at radius 3 is 1.05 bits per heavy atom. The summed E-state index contributed by atoms with van der Waals surface area (Å²) in [5, 5.41) is 0. The van der Waals surface area contributed by atoms with E-state index in [4.69, 9.17) is 28.4 Å². The predicted molar refractivity (Wildman–Crippen MR) is 256 cm³/mol. The maximum Gasteiger partial charge on any atom is 0.306 e. The maximum absolute atomic E-state index is 13.5. The number of esters is 6. The van der Waals surface area contributed by atoms with Gasteiger partial charge in [0.2, 0.25) is 0 Å². The Morgan fingerprint density at radius 2 is 0.677 bits per heavy atom. The van der Waals surface area contributed by atoms with Crippen LogP contribution in [0.2, 0.25) is 0 Å². The van der Waals surface area contributed by atoms with Crippen molar-refractivity contribution in [3.8, 4) is 0 Å². The minimum Gasteiger partial charge on any atom is -0.466 e. The first kappa shape index (κ1) is 61.8. The van der Waals surface area contributed by atoms with Gasteiger partial charge in [-0.25, -0.2) is 0 Å². The van der Waals surface area contributed by atoms with Crippen LogP contribution in [0.3, 0.4) is 0 Å². The summed E-state index contributed by atoms with van der Waals surface area (Å²) >= 11 is 0. The first-order valence-corrected chi connectivity index (χ1v) is 26.0. The van der Waals surface area contributed by atoms with Crippen LogP contribution in [0.5, 0.6) is 0 Å². The molecule has 0 aromatic heterocycles. The van der Waals surface area contributed by atoms with Gasteiger partial charge in [0.15, 0.2) is 0 Å². The van der Waals surface area contributed by atoms with E-state index in [1.54, 1.807) is 0 Å². The maximum atomic E-state index is 13.5. The van der Waals surface area contributed by atoms with Crippen LogP contribution in [0.15, 0.2) is 0 Å². The molecule has 0 unspecified atom stereocenters. The Kier molecular flexibility index (Phi) is 41.2.